The Morgan fingerprint density at radius 3 is 2.72 bits per heavy atom. The topological polar surface area (TPSA) is 82.5 Å². The van der Waals surface area contributed by atoms with Crippen molar-refractivity contribution in [3.63, 3.8) is 0 Å². The fourth-order valence-electron chi connectivity index (χ4n) is 3.23. The lowest BCUT2D eigenvalue weighted by atomic mass is 9.89. The molecule has 130 valence electrons. The summed E-state index contributed by atoms with van der Waals surface area (Å²) in [5.74, 6) is -1.60. The smallest absolute Gasteiger partial charge is 0.326 e. The number of rotatable bonds is 5. The van der Waals surface area contributed by atoms with Gasteiger partial charge < -0.3 is 15.3 Å². The molecule has 3 rings (SSSR count). The van der Waals surface area contributed by atoms with Crippen LogP contribution in [0.1, 0.15) is 23.5 Å². The molecular formula is C19H21N3O3. The molecule has 1 aliphatic heterocycles. The molecule has 0 fully saturated rings. The zero-order valence-electron chi connectivity index (χ0n) is 14.1. The molecule has 0 radical (unpaired) electrons. The predicted octanol–water partition coefficient (Wildman–Crippen LogP) is 1.82. The van der Waals surface area contributed by atoms with Crippen LogP contribution in [-0.2, 0) is 16.0 Å². The maximum Gasteiger partial charge on any atom is 0.326 e. The van der Waals surface area contributed by atoms with Gasteiger partial charge in [0.25, 0.3) is 0 Å². The third kappa shape index (κ3) is 3.79. The van der Waals surface area contributed by atoms with Crippen LogP contribution in [0.3, 0.4) is 0 Å². The molecule has 0 bridgehead atoms. The number of carboxylic acid groups (broad SMARTS) is 1. The number of hydrogen-bond acceptors (Lipinski definition) is 4. The minimum atomic E-state index is -1.04. The van der Waals surface area contributed by atoms with E-state index < -0.39 is 12.0 Å². The highest BCUT2D eigenvalue weighted by Crippen LogP contribution is 2.34. The Labute approximate surface area is 146 Å². The van der Waals surface area contributed by atoms with Gasteiger partial charge in [0.2, 0.25) is 5.91 Å². The molecule has 1 aliphatic rings. The van der Waals surface area contributed by atoms with Gasteiger partial charge in [0.05, 0.1) is 5.92 Å². The predicted molar refractivity (Wildman–Crippen MR) is 94.6 cm³/mol. The number of nitrogens with one attached hydrogen (secondary N) is 1. The number of nitrogens with zero attached hydrogens (tertiary/aromatic N) is 2. The maximum atomic E-state index is 12.8. The van der Waals surface area contributed by atoms with E-state index in [0.717, 1.165) is 23.4 Å². The lowest BCUT2D eigenvalue weighted by Crippen LogP contribution is -2.45. The highest BCUT2D eigenvalue weighted by Gasteiger charge is 2.31. The molecule has 0 saturated carbocycles. The third-order valence-corrected chi connectivity index (χ3v) is 4.60. The number of carbonyl (C=O) groups excluding carboxylic acids is 1. The molecule has 6 heteroatoms. The van der Waals surface area contributed by atoms with Crippen LogP contribution in [0.25, 0.3) is 0 Å². The van der Waals surface area contributed by atoms with E-state index in [-0.39, 0.29) is 18.2 Å². The second kappa shape index (κ2) is 7.34. The Kier molecular flexibility index (Phi) is 4.97. The minimum Gasteiger partial charge on any atom is -0.480 e. The van der Waals surface area contributed by atoms with Crippen molar-refractivity contribution >= 4 is 17.6 Å². The van der Waals surface area contributed by atoms with Crippen LogP contribution in [0.5, 0.6) is 0 Å². The third-order valence-electron chi connectivity index (χ3n) is 4.60. The number of para-hydroxylation sites is 1. The van der Waals surface area contributed by atoms with Crippen LogP contribution in [0.15, 0.2) is 48.8 Å². The molecule has 0 spiro atoms. The van der Waals surface area contributed by atoms with Gasteiger partial charge in [-0.25, -0.2) is 4.79 Å². The Hall–Kier alpha value is -2.89. The standard InChI is InChI=1S/C19H21N3O3/c1-22-11-8-15(14-4-2-3-5-17(14)22)18(23)21-16(19(24)25)12-13-6-9-20-10-7-13/h2-7,9-10,15-16H,8,11-12H2,1H3,(H,21,23)(H,24,25). The Morgan fingerprint density at radius 2 is 2.00 bits per heavy atom. The van der Waals surface area contributed by atoms with Gasteiger partial charge in [-0.2, -0.15) is 0 Å². The number of carboxylic acids is 1. The van der Waals surface area contributed by atoms with Gasteiger partial charge in [0.15, 0.2) is 0 Å². The first-order valence-electron chi connectivity index (χ1n) is 8.28. The van der Waals surface area contributed by atoms with Gasteiger partial charge in [0, 0.05) is 38.1 Å². The molecule has 2 heterocycles. The van der Waals surface area contributed by atoms with Gasteiger partial charge in [-0.05, 0) is 35.7 Å². The van der Waals surface area contributed by atoms with Crippen LogP contribution in [-0.4, -0.2) is 41.6 Å². The molecule has 2 atom stereocenters. The van der Waals surface area contributed by atoms with E-state index >= 15 is 0 Å². The zero-order valence-corrected chi connectivity index (χ0v) is 14.1. The first-order valence-corrected chi connectivity index (χ1v) is 8.28. The van der Waals surface area contributed by atoms with Crippen molar-refractivity contribution in [2.24, 2.45) is 0 Å². The van der Waals surface area contributed by atoms with E-state index in [0.29, 0.717) is 6.42 Å². The van der Waals surface area contributed by atoms with E-state index in [1.165, 1.54) is 0 Å². The summed E-state index contributed by atoms with van der Waals surface area (Å²) in [6.45, 7) is 0.761. The maximum absolute atomic E-state index is 12.8. The number of hydrogen-bond donors (Lipinski definition) is 2. The number of carbonyl (C=O) groups is 2. The summed E-state index contributed by atoms with van der Waals surface area (Å²) >= 11 is 0. The molecule has 1 aromatic heterocycles. The van der Waals surface area contributed by atoms with E-state index in [4.69, 9.17) is 0 Å². The van der Waals surface area contributed by atoms with Gasteiger partial charge >= 0.3 is 5.97 Å². The van der Waals surface area contributed by atoms with E-state index in [2.05, 4.69) is 15.2 Å². The second-order valence-corrected chi connectivity index (χ2v) is 6.28. The van der Waals surface area contributed by atoms with Gasteiger partial charge in [-0.3, -0.25) is 9.78 Å². The highest BCUT2D eigenvalue weighted by atomic mass is 16.4. The molecule has 0 saturated heterocycles. The van der Waals surface area contributed by atoms with E-state index in [9.17, 15) is 14.7 Å². The summed E-state index contributed by atoms with van der Waals surface area (Å²) in [7, 11) is 2.00. The first-order chi connectivity index (χ1) is 12.1. The van der Waals surface area contributed by atoms with E-state index in [1.807, 2.05) is 31.3 Å². The molecule has 2 aromatic rings. The molecule has 2 unspecified atom stereocenters. The summed E-state index contributed by atoms with van der Waals surface area (Å²) in [6.07, 6.45) is 4.13. The van der Waals surface area contributed by atoms with Crippen LogP contribution in [0.2, 0.25) is 0 Å². The highest BCUT2D eigenvalue weighted by molar-refractivity contribution is 5.90. The largest absolute Gasteiger partial charge is 0.480 e. The van der Waals surface area contributed by atoms with Crippen molar-refractivity contribution < 1.29 is 14.7 Å². The van der Waals surface area contributed by atoms with Gasteiger partial charge in [-0.15, -0.1) is 0 Å². The van der Waals surface area contributed by atoms with Gasteiger partial charge in [0.1, 0.15) is 6.04 Å². The summed E-state index contributed by atoms with van der Waals surface area (Å²) in [5, 5.41) is 12.2. The van der Waals surface area contributed by atoms with Crippen LogP contribution in [0, 0.1) is 0 Å². The van der Waals surface area contributed by atoms with Crippen molar-refractivity contribution in [3.8, 4) is 0 Å². The summed E-state index contributed by atoms with van der Waals surface area (Å²) < 4.78 is 0. The number of amides is 1. The van der Waals surface area contributed by atoms with Crippen molar-refractivity contribution in [1.82, 2.24) is 10.3 Å². The van der Waals surface area contributed by atoms with Crippen molar-refractivity contribution in [2.75, 3.05) is 18.5 Å². The van der Waals surface area contributed by atoms with Gasteiger partial charge in [-0.1, -0.05) is 18.2 Å². The second-order valence-electron chi connectivity index (χ2n) is 6.28. The molecule has 0 aliphatic carbocycles. The first kappa shape index (κ1) is 17.0. The van der Waals surface area contributed by atoms with Crippen LogP contribution < -0.4 is 10.2 Å². The summed E-state index contributed by atoms with van der Waals surface area (Å²) in [6, 6.07) is 10.3. The Morgan fingerprint density at radius 1 is 1.28 bits per heavy atom. The molecule has 1 aromatic carbocycles. The summed E-state index contributed by atoms with van der Waals surface area (Å²) in [5.41, 5.74) is 2.79. The number of benzene rings is 1. The minimum absolute atomic E-state index is 0.234. The van der Waals surface area contributed by atoms with Crippen molar-refractivity contribution in [1.29, 1.82) is 0 Å². The number of aliphatic carboxylic acids is 1. The Balaban J connectivity index is 1.76. The number of aromatic nitrogens is 1. The fourth-order valence-corrected chi connectivity index (χ4v) is 3.23. The SMILES string of the molecule is CN1CCC(C(=O)NC(Cc2ccncc2)C(=O)O)c2ccccc21. The molecular weight excluding hydrogens is 318 g/mol. The normalized spacial score (nSPS) is 17.5. The molecule has 1 amide bonds. The van der Waals surface area contributed by atoms with Crippen LogP contribution in [0.4, 0.5) is 5.69 Å². The lowest BCUT2D eigenvalue weighted by Gasteiger charge is -2.33. The molecule has 2 N–H and O–H groups in total. The zero-order chi connectivity index (χ0) is 17.8. The lowest BCUT2D eigenvalue weighted by molar-refractivity contribution is -0.142. The monoisotopic (exact) mass is 339 g/mol. The summed E-state index contributed by atoms with van der Waals surface area (Å²) in [4.78, 5) is 30.4. The number of anilines is 1. The average molecular weight is 339 g/mol. The van der Waals surface area contributed by atoms with Crippen LogP contribution >= 0.6 is 0 Å². The van der Waals surface area contributed by atoms with Crippen molar-refractivity contribution in [2.45, 2.75) is 24.8 Å². The van der Waals surface area contributed by atoms with E-state index in [1.54, 1.807) is 24.5 Å². The quantitative estimate of drug-likeness (QED) is 0.868. The average Bonchev–Trinajstić information content (AvgIpc) is 2.62. The number of pyridine rings is 1. The molecule has 6 nitrogen and oxygen atoms in total. The molecule has 25 heavy (non-hydrogen) atoms. The Bertz CT molecular complexity index is 764. The number of fused-ring (bicyclic) bond motifs is 1. The van der Waals surface area contributed by atoms with Crippen molar-refractivity contribution in [3.05, 3.63) is 59.9 Å². The fraction of sp³-hybridized carbons (Fsp3) is 0.316.